The fraction of sp³-hybridized carbons (Fsp3) is 0.667. The van der Waals surface area contributed by atoms with Gasteiger partial charge in [0.15, 0.2) is 0 Å². The van der Waals surface area contributed by atoms with Crippen molar-refractivity contribution in [3.8, 4) is 6.07 Å². The van der Waals surface area contributed by atoms with Crippen LogP contribution in [0, 0.1) is 23.7 Å². The maximum absolute atomic E-state index is 12.6. The third-order valence-electron chi connectivity index (χ3n) is 4.68. The van der Waals surface area contributed by atoms with Crippen LogP contribution in [0.15, 0.2) is 6.07 Å². The summed E-state index contributed by atoms with van der Waals surface area (Å²) in [5, 5.41) is 16.6. The molecule has 1 aromatic rings. The zero-order chi connectivity index (χ0) is 14.2. The third kappa shape index (κ3) is 2.09. The lowest BCUT2D eigenvalue weighted by Crippen LogP contribution is -2.50. The molecule has 2 aliphatic rings. The predicted molar refractivity (Wildman–Crippen MR) is 73.8 cm³/mol. The second kappa shape index (κ2) is 4.93. The fourth-order valence-corrected chi connectivity index (χ4v) is 3.26. The number of nitrogens with zero attached hydrogens (tertiary/aromatic N) is 3. The Morgan fingerprint density at radius 1 is 1.55 bits per heavy atom. The maximum atomic E-state index is 12.6. The van der Waals surface area contributed by atoms with Crippen LogP contribution in [0.3, 0.4) is 0 Å². The molecule has 1 aromatic heterocycles. The molecule has 1 saturated carbocycles. The van der Waals surface area contributed by atoms with Crippen molar-refractivity contribution in [1.29, 1.82) is 5.26 Å². The van der Waals surface area contributed by atoms with Gasteiger partial charge in [-0.2, -0.15) is 10.4 Å². The van der Waals surface area contributed by atoms with E-state index in [1.807, 2.05) is 11.8 Å². The molecule has 0 unspecified atom stereocenters. The lowest BCUT2D eigenvalue weighted by Gasteiger charge is -2.41. The van der Waals surface area contributed by atoms with Gasteiger partial charge in [-0.15, -0.1) is 0 Å². The monoisotopic (exact) mass is 272 g/mol. The van der Waals surface area contributed by atoms with Gasteiger partial charge in [-0.3, -0.25) is 9.89 Å². The van der Waals surface area contributed by atoms with Gasteiger partial charge in [-0.1, -0.05) is 0 Å². The predicted octanol–water partition coefficient (Wildman–Crippen LogP) is 2.12. The molecule has 1 N–H and O–H groups in total. The molecule has 1 atom stereocenters. The first kappa shape index (κ1) is 13.2. The van der Waals surface area contributed by atoms with Gasteiger partial charge < -0.3 is 4.90 Å². The third-order valence-corrected chi connectivity index (χ3v) is 4.68. The number of carbonyl (C=O) groups is 1. The molecule has 2 fully saturated rings. The fourth-order valence-electron chi connectivity index (χ4n) is 3.26. The standard InChI is InChI=1S/C15H20N4O/c1-11-8-13(18-17-11)12-4-2-7-19(9-12)14(20)15(10-16)5-3-6-15/h8,12H,2-7,9H2,1H3,(H,17,18)/t12-/m0/s1. The van der Waals surface area contributed by atoms with E-state index in [0.29, 0.717) is 12.5 Å². The Labute approximate surface area is 119 Å². The van der Waals surface area contributed by atoms with E-state index in [1.165, 1.54) is 0 Å². The molecule has 0 bridgehead atoms. The number of hydrogen-bond acceptors (Lipinski definition) is 3. The minimum atomic E-state index is -0.719. The molecule has 1 aliphatic heterocycles. The quantitative estimate of drug-likeness (QED) is 0.896. The summed E-state index contributed by atoms with van der Waals surface area (Å²) in [6.07, 6.45) is 4.50. The lowest BCUT2D eigenvalue weighted by atomic mass is 9.68. The van der Waals surface area contributed by atoms with E-state index in [0.717, 1.165) is 50.0 Å². The van der Waals surface area contributed by atoms with Gasteiger partial charge >= 0.3 is 0 Å². The van der Waals surface area contributed by atoms with E-state index in [2.05, 4.69) is 22.3 Å². The average molecular weight is 272 g/mol. The number of H-pyrrole nitrogens is 1. The first-order chi connectivity index (χ1) is 9.64. The molecule has 1 aliphatic carbocycles. The minimum Gasteiger partial charge on any atom is -0.341 e. The van der Waals surface area contributed by atoms with Crippen LogP contribution in [0.25, 0.3) is 0 Å². The summed E-state index contributed by atoms with van der Waals surface area (Å²) in [6, 6.07) is 4.32. The highest BCUT2D eigenvalue weighted by atomic mass is 16.2. The number of aromatic amines is 1. The van der Waals surface area contributed by atoms with Crippen LogP contribution in [0.1, 0.15) is 49.4 Å². The molecule has 1 amide bonds. The van der Waals surface area contributed by atoms with E-state index in [9.17, 15) is 10.1 Å². The van der Waals surface area contributed by atoms with Gasteiger partial charge in [0.1, 0.15) is 5.41 Å². The number of piperidine rings is 1. The molecule has 20 heavy (non-hydrogen) atoms. The molecule has 1 saturated heterocycles. The Kier molecular flexibility index (Phi) is 3.25. The average Bonchev–Trinajstić information content (AvgIpc) is 2.85. The van der Waals surface area contributed by atoms with Crippen LogP contribution >= 0.6 is 0 Å². The van der Waals surface area contributed by atoms with Crippen molar-refractivity contribution in [1.82, 2.24) is 15.1 Å². The van der Waals surface area contributed by atoms with Crippen molar-refractivity contribution >= 4 is 5.91 Å². The molecule has 5 heteroatoms. The minimum absolute atomic E-state index is 0.0446. The normalized spacial score (nSPS) is 24.8. The van der Waals surface area contributed by atoms with Gasteiger partial charge in [0.05, 0.1) is 11.8 Å². The number of aromatic nitrogens is 2. The Morgan fingerprint density at radius 2 is 2.35 bits per heavy atom. The SMILES string of the molecule is Cc1cc([C@H]2CCCN(C(=O)C3(C#N)CCC3)C2)n[nH]1. The summed E-state index contributed by atoms with van der Waals surface area (Å²) >= 11 is 0. The van der Waals surface area contributed by atoms with E-state index in [-0.39, 0.29) is 5.91 Å². The van der Waals surface area contributed by atoms with Crippen LogP contribution in [-0.2, 0) is 4.79 Å². The van der Waals surface area contributed by atoms with Crippen molar-refractivity contribution in [2.75, 3.05) is 13.1 Å². The van der Waals surface area contributed by atoms with Crippen LogP contribution in [-0.4, -0.2) is 34.1 Å². The zero-order valence-corrected chi connectivity index (χ0v) is 11.9. The van der Waals surface area contributed by atoms with Crippen molar-refractivity contribution in [3.05, 3.63) is 17.5 Å². The van der Waals surface area contributed by atoms with E-state index in [1.54, 1.807) is 0 Å². The van der Waals surface area contributed by atoms with Crippen molar-refractivity contribution < 1.29 is 4.79 Å². The summed E-state index contributed by atoms with van der Waals surface area (Å²) in [5.41, 5.74) is 1.37. The molecular formula is C15H20N4O. The van der Waals surface area contributed by atoms with Crippen molar-refractivity contribution in [2.45, 2.75) is 44.9 Å². The second-order valence-electron chi connectivity index (χ2n) is 6.11. The summed E-state index contributed by atoms with van der Waals surface area (Å²) in [5.74, 6) is 0.344. The van der Waals surface area contributed by atoms with Gasteiger partial charge in [0.2, 0.25) is 5.91 Å². The molecule has 5 nitrogen and oxygen atoms in total. The molecular weight excluding hydrogens is 252 g/mol. The first-order valence-corrected chi connectivity index (χ1v) is 7.37. The van der Waals surface area contributed by atoms with Crippen molar-refractivity contribution in [2.24, 2.45) is 5.41 Å². The summed E-state index contributed by atoms with van der Waals surface area (Å²) in [4.78, 5) is 14.5. The number of nitrogens with one attached hydrogen (secondary N) is 1. The van der Waals surface area contributed by atoms with Crippen LogP contribution in [0.4, 0.5) is 0 Å². The van der Waals surface area contributed by atoms with E-state index >= 15 is 0 Å². The highest BCUT2D eigenvalue weighted by Crippen LogP contribution is 2.42. The molecule has 2 heterocycles. The van der Waals surface area contributed by atoms with Crippen molar-refractivity contribution in [3.63, 3.8) is 0 Å². The Morgan fingerprint density at radius 3 is 2.90 bits per heavy atom. The van der Waals surface area contributed by atoms with Gasteiger partial charge in [-0.05, 0) is 45.1 Å². The number of nitriles is 1. The Bertz CT molecular complexity index is 552. The van der Waals surface area contributed by atoms with Gasteiger partial charge in [-0.25, -0.2) is 0 Å². The molecule has 106 valence electrons. The van der Waals surface area contributed by atoms with E-state index < -0.39 is 5.41 Å². The molecule has 0 spiro atoms. The maximum Gasteiger partial charge on any atom is 0.243 e. The van der Waals surface area contributed by atoms with Crippen LogP contribution < -0.4 is 0 Å². The summed E-state index contributed by atoms with van der Waals surface area (Å²) in [6.45, 7) is 3.47. The molecule has 0 radical (unpaired) electrons. The lowest BCUT2D eigenvalue weighted by molar-refractivity contribution is -0.144. The van der Waals surface area contributed by atoms with E-state index in [4.69, 9.17) is 0 Å². The zero-order valence-electron chi connectivity index (χ0n) is 11.9. The number of hydrogen-bond donors (Lipinski definition) is 1. The Balaban J connectivity index is 1.72. The van der Waals surface area contributed by atoms with Crippen LogP contribution in [0.2, 0.25) is 0 Å². The summed E-state index contributed by atoms with van der Waals surface area (Å²) in [7, 11) is 0. The highest BCUT2D eigenvalue weighted by molar-refractivity contribution is 5.86. The number of amides is 1. The van der Waals surface area contributed by atoms with Gasteiger partial charge in [0, 0.05) is 24.7 Å². The Hall–Kier alpha value is -1.83. The smallest absolute Gasteiger partial charge is 0.243 e. The summed E-state index contributed by atoms with van der Waals surface area (Å²) < 4.78 is 0. The number of likely N-dealkylation sites (tertiary alicyclic amines) is 1. The second-order valence-corrected chi connectivity index (χ2v) is 6.11. The number of carbonyl (C=O) groups excluding carboxylic acids is 1. The topological polar surface area (TPSA) is 72.8 Å². The molecule has 0 aromatic carbocycles. The molecule has 3 rings (SSSR count). The van der Waals surface area contributed by atoms with Gasteiger partial charge in [0.25, 0.3) is 0 Å². The number of aryl methyl sites for hydroxylation is 1. The largest absolute Gasteiger partial charge is 0.341 e. The number of rotatable bonds is 2. The first-order valence-electron chi connectivity index (χ1n) is 7.37. The highest BCUT2D eigenvalue weighted by Gasteiger charge is 2.47. The van der Waals surface area contributed by atoms with Crippen LogP contribution in [0.5, 0.6) is 0 Å².